The van der Waals surface area contributed by atoms with Crippen LogP contribution in [0.25, 0.3) is 24.3 Å². The lowest BCUT2D eigenvalue weighted by molar-refractivity contribution is 0.522. The van der Waals surface area contributed by atoms with E-state index < -0.39 is 0 Å². The van der Waals surface area contributed by atoms with E-state index in [1.54, 1.807) is 30.4 Å². The molecule has 0 atom stereocenters. The van der Waals surface area contributed by atoms with Gasteiger partial charge in [0.2, 0.25) is 0 Å². The van der Waals surface area contributed by atoms with Crippen molar-refractivity contribution >= 4 is 24.3 Å². The van der Waals surface area contributed by atoms with Crippen molar-refractivity contribution in [2.45, 2.75) is 0 Å². The molecule has 0 spiro atoms. The number of rotatable bonds is 4. The molecule has 0 radical (unpaired) electrons. The van der Waals surface area contributed by atoms with Gasteiger partial charge in [0.1, 0.15) is 11.2 Å². The van der Waals surface area contributed by atoms with E-state index >= 15 is 0 Å². The van der Waals surface area contributed by atoms with Gasteiger partial charge in [0.05, 0.1) is 0 Å². The fraction of sp³-hybridized carbons (Fsp3) is 0. The first-order chi connectivity index (χ1) is 7.28. The Morgan fingerprint density at radius 2 is 1.53 bits per heavy atom. The summed E-state index contributed by atoms with van der Waals surface area (Å²) in [6, 6.07) is 0. The molecule has 0 unspecified atom stereocenters. The normalized spacial score (nSPS) is 12.5. The molecule has 0 amide bonds. The molecule has 15 heavy (non-hydrogen) atoms. The third-order valence-corrected chi connectivity index (χ3v) is 1.98. The molecule has 1 aromatic rings. The third-order valence-electron chi connectivity index (χ3n) is 1.98. The fourth-order valence-electron chi connectivity index (χ4n) is 1.38. The SMILES string of the molecule is C=C/C=c1/c(C=C)c(C=C)o/c1=C/C=C. The topological polar surface area (TPSA) is 13.1 Å². The van der Waals surface area contributed by atoms with E-state index in [2.05, 4.69) is 26.3 Å². The maximum absolute atomic E-state index is 5.58. The van der Waals surface area contributed by atoms with Crippen LogP contribution in [0.1, 0.15) is 11.3 Å². The second-order valence-electron chi connectivity index (χ2n) is 2.87. The molecule has 1 rings (SSSR count). The summed E-state index contributed by atoms with van der Waals surface area (Å²) in [6.45, 7) is 14.8. The highest BCUT2D eigenvalue weighted by atomic mass is 16.3. The largest absolute Gasteiger partial charge is 0.456 e. The van der Waals surface area contributed by atoms with Crippen LogP contribution in [0.15, 0.2) is 42.9 Å². The molecule has 0 aromatic carbocycles. The number of furan rings is 1. The Balaban J connectivity index is 3.77. The van der Waals surface area contributed by atoms with Gasteiger partial charge in [-0.3, -0.25) is 0 Å². The number of hydrogen-bond donors (Lipinski definition) is 0. The summed E-state index contributed by atoms with van der Waals surface area (Å²) in [5.74, 6) is 0.714. The van der Waals surface area contributed by atoms with Crippen LogP contribution in [0.3, 0.4) is 0 Å². The minimum atomic E-state index is 0.714. The zero-order valence-corrected chi connectivity index (χ0v) is 8.70. The van der Waals surface area contributed by atoms with E-state index in [4.69, 9.17) is 4.42 Å². The van der Waals surface area contributed by atoms with Gasteiger partial charge in [-0.1, -0.05) is 50.6 Å². The lowest BCUT2D eigenvalue weighted by Gasteiger charge is -1.86. The van der Waals surface area contributed by atoms with E-state index in [0.717, 1.165) is 16.2 Å². The minimum absolute atomic E-state index is 0.714. The molecule has 1 aromatic heterocycles. The van der Waals surface area contributed by atoms with Crippen molar-refractivity contribution in [3.8, 4) is 0 Å². The molecule has 1 heterocycles. The van der Waals surface area contributed by atoms with Gasteiger partial charge in [0.25, 0.3) is 0 Å². The quantitative estimate of drug-likeness (QED) is 0.724. The van der Waals surface area contributed by atoms with Gasteiger partial charge < -0.3 is 4.42 Å². The summed E-state index contributed by atoms with van der Waals surface area (Å²) < 4.78 is 5.58. The second-order valence-corrected chi connectivity index (χ2v) is 2.87. The molecule has 0 saturated heterocycles. The maximum Gasteiger partial charge on any atom is 0.135 e. The first-order valence-electron chi connectivity index (χ1n) is 4.61. The summed E-state index contributed by atoms with van der Waals surface area (Å²) in [7, 11) is 0. The lowest BCUT2D eigenvalue weighted by Crippen LogP contribution is -2.20. The first kappa shape index (κ1) is 11.1. The van der Waals surface area contributed by atoms with Crippen LogP contribution in [0.4, 0.5) is 0 Å². The summed E-state index contributed by atoms with van der Waals surface area (Å²) in [4.78, 5) is 0. The van der Waals surface area contributed by atoms with Crippen LogP contribution in [0.2, 0.25) is 0 Å². The highest BCUT2D eigenvalue weighted by molar-refractivity contribution is 5.63. The monoisotopic (exact) mass is 198 g/mol. The van der Waals surface area contributed by atoms with Gasteiger partial charge in [0.15, 0.2) is 0 Å². The van der Waals surface area contributed by atoms with Crippen molar-refractivity contribution in [1.82, 2.24) is 0 Å². The standard InChI is InChI=1S/C14H14O/c1-5-9-12-11(7-3)13(8-4)15-14(12)10-6-2/h5-10H,1-4H2/b12-9-,14-10+. The van der Waals surface area contributed by atoms with Gasteiger partial charge in [-0.2, -0.15) is 0 Å². The molecule has 0 bridgehead atoms. The van der Waals surface area contributed by atoms with E-state index in [9.17, 15) is 0 Å². The molecular formula is C14H14O. The molecule has 1 heteroatoms. The van der Waals surface area contributed by atoms with Crippen LogP contribution in [0.5, 0.6) is 0 Å². The molecule has 76 valence electrons. The Morgan fingerprint density at radius 3 is 2.00 bits per heavy atom. The van der Waals surface area contributed by atoms with Gasteiger partial charge in [-0.15, -0.1) is 0 Å². The second kappa shape index (κ2) is 5.01. The molecule has 0 N–H and O–H groups in total. The van der Waals surface area contributed by atoms with Crippen LogP contribution in [-0.2, 0) is 0 Å². The van der Waals surface area contributed by atoms with Crippen molar-refractivity contribution in [3.63, 3.8) is 0 Å². The molecule has 0 saturated carbocycles. The van der Waals surface area contributed by atoms with Gasteiger partial charge in [-0.05, 0) is 12.2 Å². The average molecular weight is 198 g/mol. The molecule has 0 aliphatic heterocycles. The Labute approximate surface area is 89.7 Å². The fourth-order valence-corrected chi connectivity index (χ4v) is 1.38. The van der Waals surface area contributed by atoms with Crippen LogP contribution in [-0.4, -0.2) is 0 Å². The van der Waals surface area contributed by atoms with Crippen molar-refractivity contribution in [2.24, 2.45) is 0 Å². The molecule has 0 aliphatic rings. The average Bonchev–Trinajstić information content (AvgIpc) is 2.57. The van der Waals surface area contributed by atoms with Crippen molar-refractivity contribution in [3.05, 3.63) is 60.4 Å². The zero-order valence-electron chi connectivity index (χ0n) is 8.70. The Kier molecular flexibility index (Phi) is 3.69. The Hall–Kier alpha value is -2.02. The van der Waals surface area contributed by atoms with Gasteiger partial charge >= 0.3 is 0 Å². The number of hydrogen-bond acceptors (Lipinski definition) is 1. The smallest absolute Gasteiger partial charge is 0.135 e. The Bertz CT molecular complexity index is 512. The third kappa shape index (κ3) is 2.08. The predicted octanol–water partition coefficient (Wildman–Crippen LogP) is 2.50. The maximum atomic E-state index is 5.58. The summed E-state index contributed by atoms with van der Waals surface area (Å²) in [6.07, 6.45) is 10.5. The lowest BCUT2D eigenvalue weighted by atomic mass is 10.2. The highest BCUT2D eigenvalue weighted by Crippen LogP contribution is 2.05. The van der Waals surface area contributed by atoms with E-state index in [1.165, 1.54) is 0 Å². The Morgan fingerprint density at radius 1 is 0.867 bits per heavy atom. The molecule has 0 fully saturated rings. The van der Waals surface area contributed by atoms with Gasteiger partial charge in [0, 0.05) is 10.8 Å². The predicted molar refractivity (Wildman–Crippen MR) is 67.5 cm³/mol. The first-order valence-corrected chi connectivity index (χ1v) is 4.61. The zero-order chi connectivity index (χ0) is 11.3. The van der Waals surface area contributed by atoms with Crippen LogP contribution >= 0.6 is 0 Å². The van der Waals surface area contributed by atoms with E-state index in [1.807, 2.05) is 6.08 Å². The van der Waals surface area contributed by atoms with Crippen LogP contribution < -0.4 is 10.6 Å². The van der Waals surface area contributed by atoms with Gasteiger partial charge in [-0.25, -0.2) is 0 Å². The van der Waals surface area contributed by atoms with Crippen molar-refractivity contribution < 1.29 is 4.42 Å². The highest BCUT2D eigenvalue weighted by Gasteiger charge is 2.03. The molecular weight excluding hydrogens is 184 g/mol. The molecule has 1 nitrogen and oxygen atoms in total. The summed E-state index contributed by atoms with van der Waals surface area (Å²) >= 11 is 0. The molecule has 0 aliphatic carbocycles. The van der Waals surface area contributed by atoms with Crippen LogP contribution in [0, 0.1) is 0 Å². The van der Waals surface area contributed by atoms with E-state index in [0.29, 0.717) is 5.76 Å². The summed E-state index contributed by atoms with van der Waals surface area (Å²) in [5.41, 5.74) is 1.67. The minimum Gasteiger partial charge on any atom is -0.456 e. The van der Waals surface area contributed by atoms with E-state index in [-0.39, 0.29) is 0 Å². The summed E-state index contributed by atoms with van der Waals surface area (Å²) in [5, 5.41) is 0.954. The van der Waals surface area contributed by atoms with Crippen molar-refractivity contribution in [1.29, 1.82) is 0 Å². The van der Waals surface area contributed by atoms with Crippen molar-refractivity contribution in [2.75, 3.05) is 0 Å². The number of allylic oxidation sites excluding steroid dienone is 2.